The van der Waals surface area contributed by atoms with E-state index in [9.17, 15) is 4.79 Å². The molecular formula is C19H18N6O. The molecule has 0 fully saturated rings. The molecule has 0 aliphatic carbocycles. The molecule has 0 radical (unpaired) electrons. The summed E-state index contributed by atoms with van der Waals surface area (Å²) in [4.78, 5) is 25.6. The monoisotopic (exact) mass is 346 g/mol. The number of hydrogen-bond donors (Lipinski definition) is 1. The average Bonchev–Trinajstić information content (AvgIpc) is 3.26. The van der Waals surface area contributed by atoms with E-state index in [1.807, 2.05) is 58.7 Å². The second kappa shape index (κ2) is 6.79. The quantitative estimate of drug-likeness (QED) is 0.600. The minimum Gasteiger partial charge on any atom is -0.350 e. The highest BCUT2D eigenvalue weighted by molar-refractivity contribution is 5.99. The molecule has 4 aromatic rings. The van der Waals surface area contributed by atoms with Crippen LogP contribution in [0.3, 0.4) is 0 Å². The lowest BCUT2D eigenvalue weighted by molar-refractivity contribution is 0.0951. The van der Waals surface area contributed by atoms with Crippen LogP contribution in [0.5, 0.6) is 0 Å². The van der Waals surface area contributed by atoms with Crippen LogP contribution in [0.2, 0.25) is 0 Å². The number of carbonyl (C=O) groups is 1. The van der Waals surface area contributed by atoms with E-state index in [2.05, 4.69) is 20.3 Å². The molecule has 0 aromatic carbocycles. The van der Waals surface area contributed by atoms with Crippen LogP contribution in [-0.2, 0) is 13.5 Å². The summed E-state index contributed by atoms with van der Waals surface area (Å²) < 4.78 is 3.74. The molecule has 1 N–H and O–H groups in total. The van der Waals surface area contributed by atoms with Gasteiger partial charge in [-0.2, -0.15) is 0 Å². The van der Waals surface area contributed by atoms with Crippen LogP contribution in [0.15, 0.2) is 61.4 Å². The molecular weight excluding hydrogens is 328 g/mol. The van der Waals surface area contributed by atoms with Crippen molar-refractivity contribution in [1.82, 2.24) is 29.2 Å². The first-order valence-corrected chi connectivity index (χ1v) is 8.35. The van der Waals surface area contributed by atoms with Gasteiger partial charge in [0, 0.05) is 38.4 Å². The van der Waals surface area contributed by atoms with Gasteiger partial charge in [-0.1, -0.05) is 6.07 Å². The van der Waals surface area contributed by atoms with Crippen molar-refractivity contribution >= 4 is 11.4 Å². The Balaban J connectivity index is 1.59. The molecule has 0 unspecified atom stereocenters. The fraction of sp³-hybridized carbons (Fsp3) is 0.158. The topological polar surface area (TPSA) is 77.1 Å². The summed E-state index contributed by atoms with van der Waals surface area (Å²) in [5.74, 6) is 0.463. The van der Waals surface area contributed by atoms with Gasteiger partial charge in [-0.25, -0.2) is 9.97 Å². The summed E-state index contributed by atoms with van der Waals surface area (Å²) in [5, 5.41) is 2.95. The highest BCUT2D eigenvalue weighted by atomic mass is 16.1. The number of aryl methyl sites for hydroxylation is 1. The van der Waals surface area contributed by atoms with Gasteiger partial charge in [0.05, 0.1) is 11.8 Å². The van der Waals surface area contributed by atoms with Gasteiger partial charge >= 0.3 is 0 Å². The second-order valence-corrected chi connectivity index (χ2v) is 6.03. The fourth-order valence-corrected chi connectivity index (χ4v) is 2.87. The Kier molecular flexibility index (Phi) is 4.18. The number of rotatable bonds is 5. The van der Waals surface area contributed by atoms with Gasteiger partial charge in [0.25, 0.3) is 5.91 Å². The number of imidazole rings is 2. The van der Waals surface area contributed by atoms with E-state index in [0.717, 1.165) is 23.2 Å². The zero-order valence-corrected chi connectivity index (χ0v) is 14.3. The van der Waals surface area contributed by atoms with Crippen LogP contribution in [0.4, 0.5) is 0 Å². The summed E-state index contributed by atoms with van der Waals surface area (Å²) in [6, 6.07) is 9.57. The van der Waals surface area contributed by atoms with E-state index in [-0.39, 0.29) is 5.91 Å². The first-order chi connectivity index (χ1) is 12.7. The van der Waals surface area contributed by atoms with E-state index in [4.69, 9.17) is 0 Å². The second-order valence-electron chi connectivity index (χ2n) is 6.03. The number of carbonyl (C=O) groups excluding carboxylic acids is 1. The van der Waals surface area contributed by atoms with Crippen LogP contribution in [0.25, 0.3) is 17.0 Å². The van der Waals surface area contributed by atoms with Crippen LogP contribution < -0.4 is 5.32 Å². The van der Waals surface area contributed by atoms with Crippen molar-refractivity contribution in [3.8, 4) is 11.5 Å². The molecule has 0 saturated carbocycles. The minimum atomic E-state index is -0.190. The Morgan fingerprint density at radius 3 is 2.81 bits per heavy atom. The van der Waals surface area contributed by atoms with Crippen molar-refractivity contribution in [3.05, 3.63) is 72.7 Å². The highest BCUT2D eigenvalue weighted by Crippen LogP contribution is 2.21. The van der Waals surface area contributed by atoms with E-state index >= 15 is 0 Å². The van der Waals surface area contributed by atoms with Crippen LogP contribution >= 0.6 is 0 Å². The molecule has 0 spiro atoms. The lowest BCUT2D eigenvalue weighted by Gasteiger charge is -2.03. The Morgan fingerprint density at radius 1 is 1.19 bits per heavy atom. The number of nitrogens with zero attached hydrogens (tertiary/aromatic N) is 5. The molecule has 7 heteroatoms. The van der Waals surface area contributed by atoms with Gasteiger partial charge in [0.2, 0.25) is 0 Å². The largest absolute Gasteiger partial charge is 0.350 e. The predicted octanol–water partition coefficient (Wildman–Crippen LogP) is 2.10. The van der Waals surface area contributed by atoms with Crippen molar-refractivity contribution in [2.75, 3.05) is 6.54 Å². The van der Waals surface area contributed by atoms with Crippen molar-refractivity contribution < 1.29 is 4.79 Å². The molecule has 4 rings (SSSR count). The maximum atomic E-state index is 12.7. The normalized spacial score (nSPS) is 11.0. The summed E-state index contributed by atoms with van der Waals surface area (Å²) in [6.07, 6.45) is 9.73. The van der Waals surface area contributed by atoms with Gasteiger partial charge in [-0.15, -0.1) is 0 Å². The predicted molar refractivity (Wildman–Crippen MR) is 97.7 cm³/mol. The number of fused-ring (bicyclic) bond motifs is 1. The molecule has 4 aromatic heterocycles. The summed E-state index contributed by atoms with van der Waals surface area (Å²) in [5.41, 5.74) is 3.02. The van der Waals surface area contributed by atoms with Crippen molar-refractivity contribution in [2.24, 2.45) is 7.05 Å². The Hall–Kier alpha value is -3.48. The third-order valence-corrected chi connectivity index (χ3v) is 4.15. The van der Waals surface area contributed by atoms with Crippen LogP contribution in [0.1, 0.15) is 16.1 Å². The molecule has 0 bridgehead atoms. The molecule has 0 aliphatic heterocycles. The lowest BCUT2D eigenvalue weighted by Crippen LogP contribution is -2.26. The van der Waals surface area contributed by atoms with Crippen molar-refractivity contribution in [3.63, 3.8) is 0 Å². The third kappa shape index (κ3) is 3.06. The molecule has 130 valence electrons. The van der Waals surface area contributed by atoms with Gasteiger partial charge in [0.1, 0.15) is 5.69 Å². The molecule has 0 aliphatic rings. The van der Waals surface area contributed by atoms with E-state index < -0.39 is 0 Å². The molecule has 7 nitrogen and oxygen atoms in total. The average molecular weight is 346 g/mol. The molecule has 0 atom stereocenters. The Labute approximate surface area is 150 Å². The van der Waals surface area contributed by atoms with Gasteiger partial charge in [-0.05, 0) is 36.2 Å². The highest BCUT2D eigenvalue weighted by Gasteiger charge is 2.19. The van der Waals surface area contributed by atoms with E-state index in [1.54, 1.807) is 18.7 Å². The maximum Gasteiger partial charge on any atom is 0.272 e. The van der Waals surface area contributed by atoms with E-state index in [0.29, 0.717) is 18.1 Å². The van der Waals surface area contributed by atoms with E-state index in [1.165, 1.54) is 0 Å². The van der Waals surface area contributed by atoms with Crippen LogP contribution in [0, 0.1) is 0 Å². The summed E-state index contributed by atoms with van der Waals surface area (Å²) in [6.45, 7) is 0.535. The molecule has 26 heavy (non-hydrogen) atoms. The van der Waals surface area contributed by atoms with Crippen molar-refractivity contribution in [2.45, 2.75) is 6.42 Å². The van der Waals surface area contributed by atoms with Gasteiger partial charge < -0.3 is 9.88 Å². The van der Waals surface area contributed by atoms with Gasteiger partial charge in [-0.3, -0.25) is 14.2 Å². The molecule has 1 amide bonds. The first-order valence-electron chi connectivity index (χ1n) is 8.35. The molecule has 4 heterocycles. The third-order valence-electron chi connectivity index (χ3n) is 4.15. The minimum absolute atomic E-state index is 0.190. The fourth-order valence-electron chi connectivity index (χ4n) is 2.87. The number of hydrogen-bond acceptors (Lipinski definition) is 4. The SMILES string of the molecule is Cn1cnc(-c2nc(C(=O)NCCc3ccncc3)c3ccccn23)c1. The van der Waals surface area contributed by atoms with Crippen molar-refractivity contribution in [1.29, 1.82) is 0 Å². The zero-order chi connectivity index (χ0) is 17.9. The number of amides is 1. The maximum absolute atomic E-state index is 12.7. The lowest BCUT2D eigenvalue weighted by atomic mass is 10.2. The van der Waals surface area contributed by atoms with Gasteiger partial charge in [0.15, 0.2) is 11.5 Å². The number of pyridine rings is 2. The standard InChI is InChI=1S/C19H18N6O/c1-24-12-15(22-13-24)18-23-17(16-4-2-3-11-25(16)18)19(26)21-10-7-14-5-8-20-9-6-14/h2-6,8-9,11-13H,7,10H2,1H3,(H,21,26). The van der Waals surface area contributed by atoms with Crippen LogP contribution in [-0.4, -0.2) is 36.4 Å². The Bertz CT molecular complexity index is 1050. The molecule has 0 saturated heterocycles. The number of aromatic nitrogens is 5. The smallest absolute Gasteiger partial charge is 0.272 e. The number of nitrogens with one attached hydrogen (secondary N) is 1. The Morgan fingerprint density at radius 2 is 2.04 bits per heavy atom. The summed E-state index contributed by atoms with van der Waals surface area (Å²) >= 11 is 0. The zero-order valence-electron chi connectivity index (χ0n) is 14.3. The summed E-state index contributed by atoms with van der Waals surface area (Å²) in [7, 11) is 1.90. The first kappa shape index (κ1) is 16.0.